The van der Waals surface area contributed by atoms with Crippen LogP contribution in [0.2, 0.25) is 58.4 Å². The molecule has 0 aromatic heterocycles. The van der Waals surface area contributed by atoms with Crippen molar-refractivity contribution in [2.75, 3.05) is 12.8 Å². The van der Waals surface area contributed by atoms with Crippen LogP contribution >= 0.6 is 6.92 Å². The van der Waals surface area contributed by atoms with Crippen LogP contribution in [0.3, 0.4) is 0 Å². The third-order valence-electron chi connectivity index (χ3n) is 5.95. The standard InChI is InChI=1S/C22H48O6PS2Si4/c1-19(18-35(9,28-34(6,7)8)27-32(2)26-33(3,4)5)22(23)25-16-14-20-10-12-21(13-11-20)15-17-29(24)31-30/h19-21H,10-18H2,1-9H3. The first-order chi connectivity index (χ1) is 16.0. The van der Waals surface area contributed by atoms with E-state index in [4.69, 9.17) is 28.3 Å². The molecule has 1 radical (unpaired) electrons. The van der Waals surface area contributed by atoms with Gasteiger partial charge in [0.15, 0.2) is 16.6 Å². The number of hydrogen-bond acceptors (Lipinski definition) is 7. The maximum Gasteiger partial charge on any atom is 0.360 e. The maximum absolute atomic E-state index is 12.8. The molecule has 0 heterocycles. The molecule has 205 valence electrons. The minimum atomic E-state index is -2.60. The number of carbonyl (C=O) groups excluding carboxylic acids is 1. The highest BCUT2D eigenvalue weighted by molar-refractivity contribution is 8.33. The Morgan fingerprint density at radius 1 is 1.03 bits per heavy atom. The number of esters is 1. The van der Waals surface area contributed by atoms with E-state index in [-0.39, 0.29) is 11.9 Å². The van der Waals surface area contributed by atoms with Gasteiger partial charge in [0.05, 0.1) is 12.5 Å². The summed E-state index contributed by atoms with van der Waals surface area (Å²) in [5.41, 5.74) is 0. The van der Waals surface area contributed by atoms with Gasteiger partial charge in [-0.3, -0.25) is 4.79 Å². The molecule has 1 aliphatic rings. The topological polar surface area (TPSA) is 77.1 Å². The summed E-state index contributed by atoms with van der Waals surface area (Å²) in [6.07, 6.45) is 7.36. The van der Waals surface area contributed by atoms with Gasteiger partial charge in [-0.2, -0.15) is 0 Å². The lowest BCUT2D eigenvalue weighted by atomic mass is 9.79. The van der Waals surface area contributed by atoms with Crippen molar-refractivity contribution in [3.8, 4) is 0 Å². The Bertz CT molecular complexity index is 722. The van der Waals surface area contributed by atoms with Crippen LogP contribution in [-0.2, 0) is 42.6 Å². The predicted octanol–water partition coefficient (Wildman–Crippen LogP) is 5.88. The minimum Gasteiger partial charge on any atom is -0.620 e. The molecule has 0 saturated heterocycles. The minimum absolute atomic E-state index is 0.151. The zero-order valence-corrected chi connectivity index (χ0v) is 29.8. The highest BCUT2D eigenvalue weighted by Gasteiger charge is 2.42. The molecule has 1 fully saturated rings. The van der Waals surface area contributed by atoms with Gasteiger partial charge < -0.3 is 22.0 Å². The average molecular weight is 616 g/mol. The van der Waals surface area contributed by atoms with E-state index in [1.165, 1.54) is 12.8 Å². The lowest BCUT2D eigenvalue weighted by Crippen LogP contribution is -2.53. The summed E-state index contributed by atoms with van der Waals surface area (Å²) in [5, 5.41) is 0. The van der Waals surface area contributed by atoms with Gasteiger partial charge in [0.25, 0.3) is 0 Å². The SMILES string of the molecule is CC(C[Si](C)(O[Si](C)O[Si](C)(C)C)O[Si](C)(C)C)C(=O)OCCC1CCC(CC[P+]([O-])=S=S)CC1. The normalized spacial score (nSPS) is 22.4. The molecule has 13 heteroatoms. The van der Waals surface area contributed by atoms with Gasteiger partial charge in [0.2, 0.25) is 0 Å². The van der Waals surface area contributed by atoms with Crippen LogP contribution in [0.15, 0.2) is 0 Å². The monoisotopic (exact) mass is 615 g/mol. The Morgan fingerprint density at radius 3 is 2.06 bits per heavy atom. The summed E-state index contributed by atoms with van der Waals surface area (Å²) in [6.45, 7) is 18.3. The molecule has 35 heavy (non-hydrogen) atoms. The number of ether oxygens (including phenoxy) is 1. The molecule has 0 bridgehead atoms. The van der Waals surface area contributed by atoms with Crippen LogP contribution in [0.1, 0.15) is 45.4 Å². The fraction of sp³-hybridized carbons (Fsp3) is 0.955. The van der Waals surface area contributed by atoms with E-state index in [1.807, 2.05) is 13.5 Å². The van der Waals surface area contributed by atoms with Gasteiger partial charge >= 0.3 is 23.8 Å². The second-order valence-electron chi connectivity index (χ2n) is 12.0. The van der Waals surface area contributed by atoms with Gasteiger partial charge in [-0.1, -0.05) is 32.6 Å². The second-order valence-corrected chi connectivity index (χ2v) is 30.9. The summed E-state index contributed by atoms with van der Waals surface area (Å²) in [5.74, 6) is 0.864. The highest BCUT2D eigenvalue weighted by Crippen LogP contribution is 2.34. The van der Waals surface area contributed by atoms with E-state index >= 15 is 0 Å². The summed E-state index contributed by atoms with van der Waals surface area (Å²) in [4.78, 5) is 24.4. The first kappa shape index (κ1) is 33.9. The Kier molecular flexibility index (Phi) is 15.0. The van der Waals surface area contributed by atoms with Crippen molar-refractivity contribution in [2.24, 2.45) is 17.8 Å². The molecule has 3 atom stereocenters. The van der Waals surface area contributed by atoms with Gasteiger partial charge in [-0.15, -0.1) is 0 Å². The molecule has 1 rings (SSSR count). The Morgan fingerprint density at radius 2 is 1.57 bits per heavy atom. The number of hydrogen-bond donors (Lipinski definition) is 0. The lowest BCUT2D eigenvalue weighted by Gasteiger charge is -2.37. The number of rotatable bonds is 15. The predicted molar refractivity (Wildman–Crippen MR) is 159 cm³/mol. The first-order valence-electron chi connectivity index (χ1n) is 12.8. The van der Waals surface area contributed by atoms with E-state index in [0.717, 1.165) is 41.3 Å². The molecule has 0 aromatic carbocycles. The second kappa shape index (κ2) is 15.5. The molecule has 0 spiro atoms. The Hall–Kier alpha value is 0.918. The summed E-state index contributed by atoms with van der Waals surface area (Å²) in [6, 6.07) is 0.586. The van der Waals surface area contributed by atoms with E-state index in [9.17, 15) is 9.69 Å². The van der Waals surface area contributed by atoms with Gasteiger partial charge in [0, 0.05) is 17.2 Å². The van der Waals surface area contributed by atoms with Crippen LogP contribution in [-0.4, -0.2) is 53.2 Å². The fourth-order valence-corrected chi connectivity index (χ4v) is 20.7. The Balaban J connectivity index is 2.51. The molecule has 0 aliphatic heterocycles. The lowest BCUT2D eigenvalue weighted by molar-refractivity contribution is -0.152. The van der Waals surface area contributed by atoms with Gasteiger partial charge in [-0.05, 0) is 77.1 Å². The van der Waals surface area contributed by atoms with Gasteiger partial charge in [0.1, 0.15) is 22.6 Å². The van der Waals surface area contributed by atoms with Crippen molar-refractivity contribution in [1.82, 2.24) is 0 Å². The van der Waals surface area contributed by atoms with Crippen LogP contribution in [0.4, 0.5) is 0 Å². The molecule has 0 N–H and O–H groups in total. The van der Waals surface area contributed by atoms with Crippen molar-refractivity contribution in [3.05, 3.63) is 0 Å². The first-order valence-corrected chi connectivity index (χ1v) is 27.8. The Labute approximate surface area is 228 Å². The molecule has 0 aromatic rings. The summed E-state index contributed by atoms with van der Waals surface area (Å²) < 4.78 is 25.0. The van der Waals surface area contributed by atoms with E-state index in [1.54, 1.807) is 0 Å². The van der Waals surface area contributed by atoms with E-state index in [2.05, 4.69) is 45.8 Å². The molecular formula is C22H48O6PS2Si4. The van der Waals surface area contributed by atoms with Gasteiger partial charge in [-0.25, -0.2) is 0 Å². The third kappa shape index (κ3) is 15.8. The molecule has 6 nitrogen and oxygen atoms in total. The van der Waals surface area contributed by atoms with E-state index < -0.39 is 41.4 Å². The van der Waals surface area contributed by atoms with Crippen LogP contribution < -0.4 is 4.89 Å². The molecule has 1 aliphatic carbocycles. The van der Waals surface area contributed by atoms with Crippen LogP contribution in [0.25, 0.3) is 0 Å². The van der Waals surface area contributed by atoms with E-state index in [0.29, 0.717) is 24.5 Å². The number of carbonyl (C=O) groups is 1. The largest absolute Gasteiger partial charge is 0.620 e. The fourth-order valence-electron chi connectivity index (χ4n) is 4.75. The van der Waals surface area contributed by atoms with Crippen molar-refractivity contribution < 1.29 is 26.8 Å². The van der Waals surface area contributed by atoms with Crippen molar-refractivity contribution in [3.63, 3.8) is 0 Å². The zero-order valence-electron chi connectivity index (χ0n) is 23.3. The smallest absolute Gasteiger partial charge is 0.360 e. The van der Waals surface area contributed by atoms with Crippen molar-refractivity contribution in [2.45, 2.75) is 104 Å². The quantitative estimate of drug-likeness (QED) is 0.129. The van der Waals surface area contributed by atoms with Crippen LogP contribution in [0.5, 0.6) is 0 Å². The van der Waals surface area contributed by atoms with Crippen LogP contribution in [0, 0.1) is 17.8 Å². The summed E-state index contributed by atoms with van der Waals surface area (Å²) in [7, 11) is -6.53. The average Bonchev–Trinajstić information content (AvgIpc) is 2.69. The van der Waals surface area contributed by atoms with Crippen molar-refractivity contribution in [1.29, 1.82) is 0 Å². The third-order valence-corrected chi connectivity index (χ3v) is 21.3. The molecule has 1 saturated carbocycles. The summed E-state index contributed by atoms with van der Waals surface area (Å²) >= 11 is 4.81. The van der Waals surface area contributed by atoms with Crippen molar-refractivity contribution >= 4 is 68.1 Å². The zero-order chi connectivity index (χ0) is 26.9. The maximum atomic E-state index is 12.8. The molecule has 3 unspecified atom stereocenters. The highest BCUT2D eigenvalue weighted by atomic mass is 32.9. The molecule has 0 amide bonds. The molecular weight excluding hydrogens is 568 g/mol.